The van der Waals surface area contributed by atoms with Crippen LogP contribution in [-0.4, -0.2) is 27.4 Å². The second-order valence-corrected chi connectivity index (χ2v) is 8.96. The minimum absolute atomic E-state index is 0.0973. The summed E-state index contributed by atoms with van der Waals surface area (Å²) in [5.74, 6) is 0.140. The molecule has 0 saturated heterocycles. The Balaban J connectivity index is 1.98. The first-order chi connectivity index (χ1) is 14.6. The van der Waals surface area contributed by atoms with Crippen LogP contribution in [0.15, 0.2) is 42.6 Å². The molecule has 0 spiro atoms. The summed E-state index contributed by atoms with van der Waals surface area (Å²) in [6.45, 7) is 12.3. The van der Waals surface area contributed by atoms with Gasteiger partial charge in [-0.1, -0.05) is 31.5 Å². The molecule has 2 heterocycles. The minimum Gasteiger partial charge on any atom is -0.349 e. The number of rotatable bonds is 6. The van der Waals surface area contributed by atoms with Crippen molar-refractivity contribution in [1.82, 2.24) is 14.9 Å². The molecule has 0 unspecified atom stereocenters. The Hall–Kier alpha value is -3.15. The number of nitrogens with zero attached hydrogens (tertiary/aromatic N) is 2. The zero-order chi connectivity index (χ0) is 22.8. The number of amides is 2. The van der Waals surface area contributed by atoms with Crippen LogP contribution in [0.5, 0.6) is 0 Å². The zero-order valence-electron chi connectivity index (χ0n) is 19.2. The molecule has 0 aliphatic carbocycles. The van der Waals surface area contributed by atoms with E-state index in [9.17, 15) is 9.59 Å². The predicted molar refractivity (Wildman–Crippen MR) is 126 cm³/mol. The van der Waals surface area contributed by atoms with Crippen LogP contribution >= 0.6 is 0 Å². The van der Waals surface area contributed by atoms with Crippen LogP contribution in [0.4, 0.5) is 5.82 Å². The molecular weight excluding hydrogens is 388 g/mol. The maximum Gasteiger partial charge on any atom is 0.256 e. The highest BCUT2D eigenvalue weighted by atomic mass is 16.2. The van der Waals surface area contributed by atoms with E-state index < -0.39 is 0 Å². The van der Waals surface area contributed by atoms with Gasteiger partial charge in [-0.15, -0.1) is 0 Å². The lowest BCUT2D eigenvalue weighted by Gasteiger charge is -2.22. The normalized spacial score (nSPS) is 11.7. The van der Waals surface area contributed by atoms with Crippen molar-refractivity contribution in [2.75, 3.05) is 5.32 Å². The Morgan fingerprint density at radius 2 is 1.65 bits per heavy atom. The average molecular weight is 421 g/mol. The van der Waals surface area contributed by atoms with Crippen LogP contribution in [0.25, 0.3) is 11.0 Å². The van der Waals surface area contributed by atoms with E-state index in [2.05, 4.69) is 45.3 Å². The molecule has 0 aliphatic heterocycles. The first-order valence-corrected chi connectivity index (χ1v) is 10.9. The lowest BCUT2D eigenvalue weighted by atomic mass is 10.1. The third-order valence-electron chi connectivity index (χ3n) is 5.50. The van der Waals surface area contributed by atoms with Gasteiger partial charge in [0.1, 0.15) is 11.5 Å². The molecule has 0 fully saturated rings. The van der Waals surface area contributed by atoms with Gasteiger partial charge in [-0.25, -0.2) is 4.98 Å². The lowest BCUT2D eigenvalue weighted by molar-refractivity contribution is 0.0935. The zero-order valence-corrected chi connectivity index (χ0v) is 19.2. The Labute approximate surface area is 184 Å². The van der Waals surface area contributed by atoms with Crippen LogP contribution in [0.3, 0.4) is 0 Å². The summed E-state index contributed by atoms with van der Waals surface area (Å²) in [5.41, 5.74) is 2.66. The topological polar surface area (TPSA) is 76.0 Å². The minimum atomic E-state index is -0.279. The Kier molecular flexibility index (Phi) is 6.48. The van der Waals surface area contributed by atoms with Gasteiger partial charge in [-0.2, -0.15) is 0 Å². The van der Waals surface area contributed by atoms with E-state index in [-0.39, 0.29) is 23.4 Å². The molecule has 2 aromatic heterocycles. The van der Waals surface area contributed by atoms with Gasteiger partial charge < -0.3 is 15.2 Å². The van der Waals surface area contributed by atoms with Crippen molar-refractivity contribution in [3.63, 3.8) is 0 Å². The summed E-state index contributed by atoms with van der Waals surface area (Å²) < 4.78 is 1.99. The molecule has 0 bridgehead atoms. The second kappa shape index (κ2) is 8.92. The third-order valence-corrected chi connectivity index (χ3v) is 5.50. The van der Waals surface area contributed by atoms with E-state index in [1.165, 1.54) is 0 Å². The van der Waals surface area contributed by atoms with Crippen LogP contribution in [0.2, 0.25) is 0 Å². The van der Waals surface area contributed by atoms with Gasteiger partial charge in [-0.05, 0) is 64.8 Å². The number of pyridine rings is 1. The summed E-state index contributed by atoms with van der Waals surface area (Å²) in [6.07, 6.45) is 3.63. The van der Waals surface area contributed by atoms with Crippen LogP contribution in [0.1, 0.15) is 73.7 Å². The van der Waals surface area contributed by atoms with Crippen molar-refractivity contribution in [3.05, 3.63) is 59.3 Å². The molecule has 0 aliphatic rings. The van der Waals surface area contributed by atoms with Crippen molar-refractivity contribution in [2.24, 2.45) is 0 Å². The van der Waals surface area contributed by atoms with E-state index in [1.54, 1.807) is 18.2 Å². The molecule has 3 rings (SSSR count). The van der Waals surface area contributed by atoms with Crippen molar-refractivity contribution in [1.29, 1.82) is 0 Å². The SMILES string of the molecule is CCC(CC)NC(=O)c1cn(C(C)(C)C)c2nc(NC(=O)c3ccc(C)cc3)ccc12. The van der Waals surface area contributed by atoms with Gasteiger partial charge in [0, 0.05) is 28.7 Å². The monoisotopic (exact) mass is 420 g/mol. The maximum atomic E-state index is 13.0. The number of hydrogen-bond donors (Lipinski definition) is 2. The fourth-order valence-corrected chi connectivity index (χ4v) is 3.51. The number of nitrogens with one attached hydrogen (secondary N) is 2. The molecule has 0 atom stereocenters. The highest BCUT2D eigenvalue weighted by molar-refractivity contribution is 6.08. The summed E-state index contributed by atoms with van der Waals surface area (Å²) in [6, 6.07) is 11.1. The fourth-order valence-electron chi connectivity index (χ4n) is 3.51. The molecule has 3 aromatic rings. The number of hydrogen-bond acceptors (Lipinski definition) is 3. The van der Waals surface area contributed by atoms with Gasteiger partial charge in [0.2, 0.25) is 0 Å². The standard InChI is InChI=1S/C25H32N4O2/c1-7-18(8-2)26-24(31)20-15-29(25(4,5)6)22-19(20)13-14-21(27-22)28-23(30)17-11-9-16(3)10-12-17/h9-15,18H,7-8H2,1-6H3,(H,26,31)(H,27,28,30). The van der Waals surface area contributed by atoms with Gasteiger partial charge in [0.15, 0.2) is 0 Å². The summed E-state index contributed by atoms with van der Waals surface area (Å²) in [7, 11) is 0. The molecule has 1 aromatic carbocycles. The van der Waals surface area contributed by atoms with Crippen LogP contribution in [0, 0.1) is 6.92 Å². The van der Waals surface area contributed by atoms with E-state index in [4.69, 9.17) is 4.98 Å². The molecule has 6 nitrogen and oxygen atoms in total. The molecule has 2 amide bonds. The average Bonchev–Trinajstić information content (AvgIpc) is 3.11. The number of fused-ring (bicyclic) bond motifs is 1. The Morgan fingerprint density at radius 3 is 2.23 bits per heavy atom. The number of benzene rings is 1. The van der Waals surface area contributed by atoms with E-state index in [0.717, 1.165) is 23.8 Å². The Morgan fingerprint density at radius 1 is 1.00 bits per heavy atom. The highest BCUT2D eigenvalue weighted by Gasteiger charge is 2.24. The van der Waals surface area contributed by atoms with E-state index in [1.807, 2.05) is 35.9 Å². The quantitative estimate of drug-likeness (QED) is 0.570. The molecule has 0 radical (unpaired) electrons. The smallest absolute Gasteiger partial charge is 0.256 e. The van der Waals surface area contributed by atoms with Gasteiger partial charge in [0.05, 0.1) is 5.56 Å². The second-order valence-electron chi connectivity index (χ2n) is 8.96. The van der Waals surface area contributed by atoms with Crippen LogP contribution < -0.4 is 10.6 Å². The number of carbonyl (C=O) groups is 2. The maximum absolute atomic E-state index is 13.0. The van der Waals surface area contributed by atoms with Crippen molar-refractivity contribution < 1.29 is 9.59 Å². The fraction of sp³-hybridized carbons (Fsp3) is 0.400. The van der Waals surface area contributed by atoms with Crippen LogP contribution in [-0.2, 0) is 5.54 Å². The molecule has 6 heteroatoms. The van der Waals surface area contributed by atoms with E-state index >= 15 is 0 Å². The van der Waals surface area contributed by atoms with Gasteiger partial charge in [0.25, 0.3) is 11.8 Å². The highest BCUT2D eigenvalue weighted by Crippen LogP contribution is 2.28. The van der Waals surface area contributed by atoms with E-state index in [0.29, 0.717) is 22.6 Å². The number of carbonyl (C=O) groups excluding carboxylic acids is 2. The van der Waals surface area contributed by atoms with Crippen molar-refractivity contribution in [3.8, 4) is 0 Å². The molecule has 2 N–H and O–H groups in total. The lowest BCUT2D eigenvalue weighted by Crippen LogP contribution is -2.33. The first kappa shape index (κ1) is 22.5. The number of anilines is 1. The Bertz CT molecular complexity index is 1090. The number of aromatic nitrogens is 2. The summed E-state index contributed by atoms with van der Waals surface area (Å²) >= 11 is 0. The number of aryl methyl sites for hydroxylation is 1. The molecule has 164 valence electrons. The molecule has 0 saturated carbocycles. The predicted octanol–water partition coefficient (Wildman–Crippen LogP) is 5.27. The van der Waals surface area contributed by atoms with Crippen molar-refractivity contribution >= 4 is 28.7 Å². The molecular formula is C25H32N4O2. The summed E-state index contributed by atoms with van der Waals surface area (Å²) in [4.78, 5) is 30.3. The van der Waals surface area contributed by atoms with Gasteiger partial charge in [-0.3, -0.25) is 9.59 Å². The van der Waals surface area contributed by atoms with Gasteiger partial charge >= 0.3 is 0 Å². The third kappa shape index (κ3) is 4.95. The molecule has 31 heavy (non-hydrogen) atoms. The van der Waals surface area contributed by atoms with Crippen molar-refractivity contribution in [2.45, 2.75) is 66.0 Å². The first-order valence-electron chi connectivity index (χ1n) is 10.9. The summed E-state index contributed by atoms with van der Waals surface area (Å²) in [5, 5.41) is 6.76. The largest absolute Gasteiger partial charge is 0.349 e.